The summed E-state index contributed by atoms with van der Waals surface area (Å²) in [7, 11) is 0. The van der Waals surface area contributed by atoms with Gasteiger partial charge in [0.2, 0.25) is 11.6 Å². The SMILES string of the molecule is CCCCc1cnc(C(=O)O)n1Cc1ccc(-c2ccccc2-c2nnn(C(c3ccccc3)(c3ccccc3)c3ccccc3)n2)cc1. The summed E-state index contributed by atoms with van der Waals surface area (Å²) in [5, 5.41) is 24.3. The van der Waals surface area contributed by atoms with Gasteiger partial charge in [-0.05, 0) is 51.4 Å². The molecule has 0 aliphatic heterocycles. The van der Waals surface area contributed by atoms with Crippen molar-refractivity contribution in [2.24, 2.45) is 0 Å². The maximum absolute atomic E-state index is 11.9. The predicted octanol–water partition coefficient (Wildman–Crippen LogP) is 8.13. The predicted molar refractivity (Wildman–Crippen MR) is 190 cm³/mol. The zero-order valence-electron chi connectivity index (χ0n) is 27.2. The molecule has 7 rings (SSSR count). The lowest BCUT2D eigenvalue weighted by atomic mass is 9.77. The van der Waals surface area contributed by atoms with Crippen LogP contribution in [0.1, 0.15) is 58.3 Å². The van der Waals surface area contributed by atoms with Crippen molar-refractivity contribution in [1.82, 2.24) is 29.8 Å². The van der Waals surface area contributed by atoms with Gasteiger partial charge < -0.3 is 9.67 Å². The van der Waals surface area contributed by atoms with E-state index in [-0.39, 0.29) is 5.82 Å². The monoisotopic (exact) mass is 644 g/mol. The molecule has 7 aromatic rings. The minimum absolute atomic E-state index is 0.0623. The third-order valence-electron chi connectivity index (χ3n) is 8.98. The van der Waals surface area contributed by atoms with Gasteiger partial charge in [-0.15, -0.1) is 15.0 Å². The van der Waals surface area contributed by atoms with E-state index in [0.29, 0.717) is 12.4 Å². The number of tetrazole rings is 1. The normalized spacial score (nSPS) is 11.4. The highest BCUT2D eigenvalue weighted by molar-refractivity contribution is 5.84. The summed E-state index contributed by atoms with van der Waals surface area (Å²) >= 11 is 0. The van der Waals surface area contributed by atoms with E-state index < -0.39 is 11.5 Å². The van der Waals surface area contributed by atoms with Gasteiger partial charge >= 0.3 is 5.97 Å². The number of benzene rings is 5. The molecule has 0 aliphatic carbocycles. The molecule has 0 spiro atoms. The second-order valence-electron chi connectivity index (χ2n) is 12.0. The largest absolute Gasteiger partial charge is 0.475 e. The van der Waals surface area contributed by atoms with Gasteiger partial charge in [0.15, 0.2) is 5.54 Å². The minimum Gasteiger partial charge on any atom is -0.475 e. The maximum Gasteiger partial charge on any atom is 0.372 e. The van der Waals surface area contributed by atoms with Crippen LogP contribution in [0.3, 0.4) is 0 Å². The van der Waals surface area contributed by atoms with Crippen molar-refractivity contribution in [3.8, 4) is 22.5 Å². The van der Waals surface area contributed by atoms with Crippen LogP contribution in [0.4, 0.5) is 0 Å². The van der Waals surface area contributed by atoms with E-state index >= 15 is 0 Å². The molecule has 0 radical (unpaired) electrons. The molecule has 1 N–H and O–H groups in total. The molecule has 0 amide bonds. The Hall–Kier alpha value is -6.15. The molecule has 0 unspecified atom stereocenters. The first-order valence-electron chi connectivity index (χ1n) is 16.5. The second kappa shape index (κ2) is 13.9. The molecular weight excluding hydrogens is 608 g/mol. The molecule has 2 aromatic heterocycles. The topological polar surface area (TPSA) is 98.7 Å². The molecule has 242 valence electrons. The van der Waals surface area contributed by atoms with Crippen molar-refractivity contribution in [2.45, 2.75) is 38.3 Å². The van der Waals surface area contributed by atoms with Gasteiger partial charge in [0.05, 0.1) is 0 Å². The van der Waals surface area contributed by atoms with Gasteiger partial charge in [-0.25, -0.2) is 9.78 Å². The number of hydrogen-bond acceptors (Lipinski definition) is 5. The number of aromatic carboxylic acids is 1. The standard InChI is InChI=1S/C41H36N6O2/c1-2-3-21-35-28-42-39(40(48)49)46(35)29-30-24-26-31(27-25-30)36-22-13-14-23-37(36)38-43-45-47(44-38)41(32-15-7-4-8-16-32,33-17-9-5-10-18-33)34-19-11-6-12-20-34/h4-20,22-28H,2-3,21,29H2,1H3,(H,48,49). The van der Waals surface area contributed by atoms with Gasteiger partial charge in [-0.1, -0.05) is 153 Å². The quantitative estimate of drug-likeness (QED) is 0.135. The Morgan fingerprint density at radius 2 is 1.27 bits per heavy atom. The summed E-state index contributed by atoms with van der Waals surface area (Å²) < 4.78 is 1.81. The first-order chi connectivity index (χ1) is 24.1. The van der Waals surface area contributed by atoms with Gasteiger partial charge in [-0.2, -0.15) is 0 Å². The van der Waals surface area contributed by atoms with E-state index in [1.165, 1.54) is 0 Å². The second-order valence-corrected chi connectivity index (χ2v) is 12.0. The van der Waals surface area contributed by atoms with Crippen LogP contribution in [-0.2, 0) is 18.5 Å². The van der Waals surface area contributed by atoms with Crippen LogP contribution in [0.2, 0.25) is 0 Å². The highest BCUT2D eigenvalue weighted by Crippen LogP contribution is 2.40. The number of unbranched alkanes of at least 4 members (excludes halogenated alkanes) is 1. The lowest BCUT2D eigenvalue weighted by Gasteiger charge is -2.34. The lowest BCUT2D eigenvalue weighted by molar-refractivity contribution is 0.0678. The average Bonchev–Trinajstić information content (AvgIpc) is 3.81. The molecule has 0 saturated carbocycles. The summed E-state index contributed by atoms with van der Waals surface area (Å²) in [5.74, 6) is -0.450. The molecule has 0 saturated heterocycles. The molecule has 8 heteroatoms. The zero-order valence-corrected chi connectivity index (χ0v) is 27.2. The van der Waals surface area contributed by atoms with Gasteiger partial charge in [0.1, 0.15) is 0 Å². The Bertz CT molecular complexity index is 2060. The van der Waals surface area contributed by atoms with Crippen molar-refractivity contribution in [3.63, 3.8) is 0 Å². The van der Waals surface area contributed by atoms with E-state index in [2.05, 4.69) is 71.6 Å². The number of carbonyl (C=O) groups is 1. The number of rotatable bonds is 12. The fourth-order valence-corrected chi connectivity index (χ4v) is 6.57. The molecule has 0 fully saturated rings. The van der Waals surface area contributed by atoms with E-state index in [9.17, 15) is 9.90 Å². The fourth-order valence-electron chi connectivity index (χ4n) is 6.57. The van der Waals surface area contributed by atoms with Crippen molar-refractivity contribution < 1.29 is 9.90 Å². The van der Waals surface area contributed by atoms with Crippen LogP contribution in [0, 0.1) is 0 Å². The molecule has 8 nitrogen and oxygen atoms in total. The Morgan fingerprint density at radius 3 is 1.82 bits per heavy atom. The van der Waals surface area contributed by atoms with Crippen LogP contribution in [-0.4, -0.2) is 40.8 Å². The van der Waals surface area contributed by atoms with Crippen LogP contribution >= 0.6 is 0 Å². The first kappa shape index (κ1) is 31.4. The van der Waals surface area contributed by atoms with Crippen LogP contribution in [0.5, 0.6) is 0 Å². The van der Waals surface area contributed by atoms with Crippen molar-refractivity contribution in [1.29, 1.82) is 0 Å². The smallest absolute Gasteiger partial charge is 0.372 e. The minimum atomic E-state index is -1.02. The molecule has 0 bridgehead atoms. The number of aryl methyl sites for hydroxylation is 1. The summed E-state index contributed by atoms with van der Waals surface area (Å²) in [6.45, 7) is 2.55. The molecule has 0 atom stereocenters. The van der Waals surface area contributed by atoms with Crippen LogP contribution in [0.15, 0.2) is 146 Å². The number of imidazole rings is 1. The molecule has 0 aliphatic rings. The van der Waals surface area contributed by atoms with E-state index in [0.717, 1.165) is 63.9 Å². The van der Waals surface area contributed by atoms with E-state index in [4.69, 9.17) is 10.3 Å². The Labute approximate surface area is 285 Å². The van der Waals surface area contributed by atoms with Gasteiger partial charge in [-0.3, -0.25) is 0 Å². The molecule has 5 aromatic carbocycles. The fraction of sp³-hybridized carbons (Fsp3) is 0.146. The average molecular weight is 645 g/mol. The molecule has 2 heterocycles. The number of carboxylic acid groups (broad SMARTS) is 1. The van der Waals surface area contributed by atoms with Crippen molar-refractivity contribution in [3.05, 3.63) is 179 Å². The number of hydrogen-bond donors (Lipinski definition) is 1. The summed E-state index contributed by atoms with van der Waals surface area (Å²) in [4.78, 5) is 17.8. The summed E-state index contributed by atoms with van der Waals surface area (Å²) in [5.41, 5.74) is 6.91. The van der Waals surface area contributed by atoms with Crippen molar-refractivity contribution >= 4 is 5.97 Å². The van der Waals surface area contributed by atoms with Gasteiger partial charge in [0.25, 0.3) is 0 Å². The van der Waals surface area contributed by atoms with E-state index in [1.54, 1.807) is 11.0 Å². The van der Waals surface area contributed by atoms with Crippen LogP contribution in [0.25, 0.3) is 22.5 Å². The number of aromatic nitrogens is 6. The van der Waals surface area contributed by atoms with Crippen LogP contribution < -0.4 is 0 Å². The summed E-state index contributed by atoms with van der Waals surface area (Å²) in [6.07, 6.45) is 4.47. The van der Waals surface area contributed by atoms with E-state index in [1.807, 2.05) is 89.5 Å². The Morgan fingerprint density at radius 1 is 0.714 bits per heavy atom. The Balaban J connectivity index is 1.28. The molecule has 49 heavy (non-hydrogen) atoms. The maximum atomic E-state index is 11.9. The first-order valence-corrected chi connectivity index (χ1v) is 16.5. The van der Waals surface area contributed by atoms with Crippen molar-refractivity contribution in [2.75, 3.05) is 0 Å². The highest BCUT2D eigenvalue weighted by atomic mass is 16.4. The third kappa shape index (κ3) is 6.05. The number of nitrogens with zero attached hydrogens (tertiary/aromatic N) is 6. The third-order valence-corrected chi connectivity index (χ3v) is 8.98. The lowest BCUT2D eigenvalue weighted by Crippen LogP contribution is -2.39. The highest BCUT2D eigenvalue weighted by Gasteiger charge is 2.41. The zero-order chi connectivity index (χ0) is 33.6. The number of carboxylic acids is 1. The molecular formula is C41H36N6O2. The van der Waals surface area contributed by atoms with Gasteiger partial charge in [0, 0.05) is 24.0 Å². The Kier molecular flexibility index (Phi) is 8.93. The summed E-state index contributed by atoms with van der Waals surface area (Å²) in [6, 6.07) is 47.1.